The number of nitrogens with one attached hydrogen (secondary N) is 2. The molecule has 7 heteroatoms. The summed E-state index contributed by atoms with van der Waals surface area (Å²) in [7, 11) is 0. The molecule has 0 aliphatic carbocycles. The van der Waals surface area contributed by atoms with Gasteiger partial charge in [0, 0.05) is 18.2 Å². The number of para-hydroxylation sites is 2. The molecular weight excluding hydrogens is 372 g/mol. The predicted octanol–water partition coefficient (Wildman–Crippen LogP) is 3.19. The number of nitrogens with zero attached hydrogens (tertiary/aromatic N) is 2. The monoisotopic (exact) mass is 392 g/mol. The number of amides is 2. The van der Waals surface area contributed by atoms with Gasteiger partial charge in [-0.05, 0) is 43.2 Å². The second kappa shape index (κ2) is 6.60. The lowest BCUT2D eigenvalue weighted by Crippen LogP contribution is -2.44. The number of thiazole rings is 1. The predicted molar refractivity (Wildman–Crippen MR) is 111 cm³/mol. The van der Waals surface area contributed by atoms with Gasteiger partial charge in [0.25, 0.3) is 5.91 Å². The molecule has 2 aromatic carbocycles. The molecule has 5 rings (SSSR count). The third-order valence-corrected chi connectivity index (χ3v) is 6.57. The molecule has 28 heavy (non-hydrogen) atoms. The molecule has 142 valence electrons. The van der Waals surface area contributed by atoms with Gasteiger partial charge in [0.1, 0.15) is 6.04 Å². The minimum Gasteiger partial charge on any atom is -0.356 e. The lowest BCUT2D eigenvalue weighted by molar-refractivity contribution is -0.117. The lowest BCUT2D eigenvalue weighted by Gasteiger charge is -2.32. The van der Waals surface area contributed by atoms with Crippen molar-refractivity contribution >= 4 is 44.7 Å². The summed E-state index contributed by atoms with van der Waals surface area (Å²) < 4.78 is 1.03. The Morgan fingerprint density at radius 2 is 2.18 bits per heavy atom. The zero-order chi connectivity index (χ0) is 19.3. The molecule has 2 aliphatic heterocycles. The maximum atomic E-state index is 12.8. The fourth-order valence-electron chi connectivity index (χ4n) is 4.03. The van der Waals surface area contributed by atoms with Gasteiger partial charge in [-0.3, -0.25) is 9.59 Å². The molecule has 0 saturated carbocycles. The van der Waals surface area contributed by atoms with Crippen LogP contribution < -0.4 is 15.5 Å². The average Bonchev–Trinajstić information content (AvgIpc) is 3.31. The van der Waals surface area contributed by atoms with Crippen molar-refractivity contribution in [1.82, 2.24) is 10.3 Å². The summed E-state index contributed by atoms with van der Waals surface area (Å²) in [6, 6.07) is 13.1. The van der Waals surface area contributed by atoms with Crippen LogP contribution in [0.2, 0.25) is 0 Å². The van der Waals surface area contributed by atoms with Crippen molar-refractivity contribution in [2.45, 2.75) is 31.8 Å². The van der Waals surface area contributed by atoms with E-state index in [-0.39, 0.29) is 23.9 Å². The zero-order valence-electron chi connectivity index (χ0n) is 15.4. The first-order valence-electron chi connectivity index (χ1n) is 9.49. The van der Waals surface area contributed by atoms with Crippen LogP contribution in [0.4, 0.5) is 11.4 Å². The van der Waals surface area contributed by atoms with Crippen molar-refractivity contribution < 1.29 is 9.59 Å². The molecule has 2 N–H and O–H groups in total. The summed E-state index contributed by atoms with van der Waals surface area (Å²) in [6.07, 6.45) is 1.50. The molecule has 3 heterocycles. The van der Waals surface area contributed by atoms with E-state index in [2.05, 4.69) is 27.4 Å². The van der Waals surface area contributed by atoms with Crippen LogP contribution in [0.3, 0.4) is 0 Å². The first-order chi connectivity index (χ1) is 13.6. The fourth-order valence-corrected chi connectivity index (χ4v) is 4.98. The van der Waals surface area contributed by atoms with E-state index >= 15 is 0 Å². The van der Waals surface area contributed by atoms with Gasteiger partial charge in [-0.1, -0.05) is 19.1 Å². The second-order valence-corrected chi connectivity index (χ2v) is 8.34. The molecule has 2 atom stereocenters. The van der Waals surface area contributed by atoms with Crippen LogP contribution in [-0.4, -0.2) is 35.4 Å². The van der Waals surface area contributed by atoms with E-state index in [4.69, 9.17) is 0 Å². The zero-order valence-corrected chi connectivity index (χ0v) is 16.3. The highest BCUT2D eigenvalue weighted by atomic mass is 32.1. The summed E-state index contributed by atoms with van der Waals surface area (Å²) in [5, 5.41) is 7.15. The van der Waals surface area contributed by atoms with Crippen molar-refractivity contribution in [2.24, 2.45) is 0 Å². The number of benzene rings is 2. The Balaban J connectivity index is 1.35. The number of hydrogen-bond acceptors (Lipinski definition) is 5. The van der Waals surface area contributed by atoms with Gasteiger partial charge < -0.3 is 15.5 Å². The number of anilines is 2. The molecular formula is C21H20N4O2S. The van der Waals surface area contributed by atoms with Crippen LogP contribution in [0.25, 0.3) is 10.2 Å². The standard InChI is InChI=1S/C21H20N4O2S/c1-2-19-23-15-8-7-12(9-18(15)28-19)20(26)22-13-10-17-21(27)24-14-5-3-4-6-16(14)25(17)11-13/h3-9,13,17H,2,10-11H2,1H3,(H,22,26)(H,24,27). The number of hydrogen-bond donors (Lipinski definition) is 2. The van der Waals surface area contributed by atoms with E-state index in [1.165, 1.54) is 0 Å². The molecule has 1 saturated heterocycles. The topological polar surface area (TPSA) is 74.3 Å². The molecule has 0 spiro atoms. The minimum absolute atomic E-state index is 0.00590. The van der Waals surface area contributed by atoms with E-state index in [0.29, 0.717) is 18.5 Å². The minimum atomic E-state index is -0.240. The van der Waals surface area contributed by atoms with Crippen LogP contribution in [0.5, 0.6) is 0 Å². The number of rotatable bonds is 3. The lowest BCUT2D eigenvalue weighted by atomic mass is 10.1. The summed E-state index contributed by atoms with van der Waals surface area (Å²) in [4.78, 5) is 31.9. The van der Waals surface area contributed by atoms with Crippen LogP contribution in [0.1, 0.15) is 28.7 Å². The largest absolute Gasteiger partial charge is 0.356 e. The van der Waals surface area contributed by atoms with Gasteiger partial charge in [-0.15, -0.1) is 11.3 Å². The number of carbonyl (C=O) groups is 2. The molecule has 2 amide bonds. The van der Waals surface area contributed by atoms with Gasteiger partial charge in [-0.25, -0.2) is 4.98 Å². The van der Waals surface area contributed by atoms with Crippen molar-refractivity contribution in [3.63, 3.8) is 0 Å². The highest BCUT2D eigenvalue weighted by Crippen LogP contribution is 2.36. The molecule has 6 nitrogen and oxygen atoms in total. The Bertz CT molecular complexity index is 1090. The van der Waals surface area contributed by atoms with Crippen molar-refractivity contribution in [1.29, 1.82) is 0 Å². The Hall–Kier alpha value is -2.93. The molecule has 2 unspecified atom stereocenters. The SMILES string of the molecule is CCc1nc2ccc(C(=O)NC3CC4C(=O)Nc5ccccc5N4C3)cc2s1. The number of fused-ring (bicyclic) bond motifs is 4. The number of carbonyl (C=O) groups excluding carboxylic acids is 2. The maximum absolute atomic E-state index is 12.8. The van der Waals surface area contributed by atoms with E-state index in [9.17, 15) is 9.59 Å². The normalized spacial score (nSPS) is 20.6. The van der Waals surface area contributed by atoms with Crippen LogP contribution in [0, 0.1) is 0 Å². The van der Waals surface area contributed by atoms with Gasteiger partial charge >= 0.3 is 0 Å². The first kappa shape index (κ1) is 17.2. The van der Waals surface area contributed by atoms with Crippen LogP contribution in [-0.2, 0) is 11.2 Å². The molecule has 2 aliphatic rings. The second-order valence-electron chi connectivity index (χ2n) is 7.22. The maximum Gasteiger partial charge on any atom is 0.251 e. The summed E-state index contributed by atoms with van der Waals surface area (Å²) >= 11 is 1.63. The van der Waals surface area contributed by atoms with Crippen LogP contribution >= 0.6 is 11.3 Å². The van der Waals surface area contributed by atoms with Gasteiger partial charge in [0.15, 0.2) is 0 Å². The first-order valence-corrected chi connectivity index (χ1v) is 10.3. The molecule has 0 bridgehead atoms. The Kier molecular flexibility index (Phi) is 4.05. The number of aryl methyl sites for hydroxylation is 1. The molecule has 1 fully saturated rings. The van der Waals surface area contributed by atoms with Crippen molar-refractivity contribution in [3.8, 4) is 0 Å². The Labute approximate surface area is 166 Å². The molecule has 3 aromatic rings. The summed E-state index contributed by atoms with van der Waals surface area (Å²) in [5.74, 6) is -0.111. The highest BCUT2D eigenvalue weighted by molar-refractivity contribution is 7.18. The third kappa shape index (κ3) is 2.82. The third-order valence-electron chi connectivity index (χ3n) is 5.41. The highest BCUT2D eigenvalue weighted by Gasteiger charge is 2.41. The fraction of sp³-hybridized carbons (Fsp3) is 0.286. The van der Waals surface area contributed by atoms with Gasteiger partial charge in [-0.2, -0.15) is 0 Å². The van der Waals surface area contributed by atoms with E-state index < -0.39 is 0 Å². The van der Waals surface area contributed by atoms with Gasteiger partial charge in [0.2, 0.25) is 5.91 Å². The molecule has 1 aromatic heterocycles. The van der Waals surface area contributed by atoms with Crippen molar-refractivity contribution in [2.75, 3.05) is 16.8 Å². The van der Waals surface area contributed by atoms with Crippen LogP contribution in [0.15, 0.2) is 42.5 Å². The molecule has 0 radical (unpaired) electrons. The summed E-state index contributed by atoms with van der Waals surface area (Å²) in [5.41, 5.74) is 3.42. The summed E-state index contributed by atoms with van der Waals surface area (Å²) in [6.45, 7) is 2.71. The Morgan fingerprint density at radius 3 is 3.04 bits per heavy atom. The van der Waals surface area contributed by atoms with Gasteiger partial charge in [0.05, 0.1) is 26.6 Å². The average molecular weight is 392 g/mol. The number of aromatic nitrogens is 1. The van der Waals surface area contributed by atoms with E-state index in [1.54, 1.807) is 11.3 Å². The Morgan fingerprint density at radius 1 is 1.32 bits per heavy atom. The van der Waals surface area contributed by atoms with E-state index in [0.717, 1.165) is 33.0 Å². The quantitative estimate of drug-likeness (QED) is 0.718. The smallest absolute Gasteiger partial charge is 0.251 e. The van der Waals surface area contributed by atoms with Crippen molar-refractivity contribution in [3.05, 3.63) is 53.0 Å². The van der Waals surface area contributed by atoms with E-state index in [1.807, 2.05) is 42.5 Å².